The molecule has 10 aromatic carbocycles. The Kier molecular flexibility index (Phi) is 8.76. The van der Waals surface area contributed by atoms with Gasteiger partial charge in [-0.15, -0.1) is 0 Å². The monoisotopic (exact) mass is 802 g/mol. The van der Waals surface area contributed by atoms with Gasteiger partial charge in [0.1, 0.15) is 0 Å². The van der Waals surface area contributed by atoms with Crippen LogP contribution < -0.4 is 5.32 Å². The fourth-order valence-electron chi connectivity index (χ4n) is 10.2. The molecule has 12 rings (SSSR count). The van der Waals surface area contributed by atoms with E-state index in [1.54, 1.807) is 0 Å². The largest absolute Gasteiger partial charge is 0.355 e. The Morgan fingerprint density at radius 1 is 0.317 bits per heavy atom. The van der Waals surface area contributed by atoms with E-state index in [4.69, 9.17) is 0 Å². The lowest BCUT2D eigenvalue weighted by atomic mass is 9.67. The summed E-state index contributed by atoms with van der Waals surface area (Å²) in [5.41, 5.74) is 19.9. The second-order valence-electron chi connectivity index (χ2n) is 16.5. The maximum atomic E-state index is 3.86. The van der Waals surface area contributed by atoms with Crippen molar-refractivity contribution in [3.63, 3.8) is 0 Å². The van der Waals surface area contributed by atoms with E-state index in [-0.39, 0.29) is 0 Å². The molecule has 11 aromatic rings. The molecule has 0 radical (unpaired) electrons. The average molecular weight is 803 g/mol. The zero-order valence-corrected chi connectivity index (χ0v) is 34.6. The molecule has 1 aliphatic rings. The Labute approximate surface area is 368 Å². The zero-order valence-electron chi connectivity index (χ0n) is 34.6. The summed E-state index contributed by atoms with van der Waals surface area (Å²) in [7, 11) is 0. The first-order chi connectivity index (χ1) is 31.2. The van der Waals surface area contributed by atoms with Crippen LogP contribution in [0, 0.1) is 0 Å². The minimum atomic E-state index is -0.454. The highest BCUT2D eigenvalue weighted by Gasteiger charge is 2.46. The lowest BCUT2D eigenvalue weighted by Crippen LogP contribution is -2.28. The number of benzene rings is 10. The van der Waals surface area contributed by atoms with Gasteiger partial charge in [0.2, 0.25) is 0 Å². The van der Waals surface area contributed by atoms with E-state index >= 15 is 0 Å². The number of rotatable bonds is 8. The third kappa shape index (κ3) is 6.02. The van der Waals surface area contributed by atoms with Crippen molar-refractivity contribution in [1.29, 1.82) is 0 Å². The number of nitrogens with one attached hydrogen (secondary N) is 1. The Bertz CT molecular complexity index is 3400. The molecule has 63 heavy (non-hydrogen) atoms. The van der Waals surface area contributed by atoms with Crippen LogP contribution in [0.5, 0.6) is 0 Å². The molecular weight excluding hydrogens is 761 g/mol. The summed E-state index contributed by atoms with van der Waals surface area (Å²) in [6.07, 6.45) is 0. The van der Waals surface area contributed by atoms with E-state index in [1.807, 2.05) is 0 Å². The molecule has 2 nitrogen and oxygen atoms in total. The number of anilines is 2. The number of hydrogen-bond acceptors (Lipinski definition) is 1. The Morgan fingerprint density at radius 3 is 1.59 bits per heavy atom. The summed E-state index contributed by atoms with van der Waals surface area (Å²) in [6, 6.07) is 90.8. The lowest BCUT2D eigenvalue weighted by molar-refractivity contribution is 0.768. The molecule has 0 amide bonds. The van der Waals surface area contributed by atoms with E-state index in [2.05, 4.69) is 259 Å². The van der Waals surface area contributed by atoms with Crippen molar-refractivity contribution in [2.24, 2.45) is 0 Å². The molecule has 1 heterocycles. The van der Waals surface area contributed by atoms with Crippen LogP contribution in [0.3, 0.4) is 0 Å². The van der Waals surface area contributed by atoms with Gasteiger partial charge in [0.25, 0.3) is 0 Å². The highest BCUT2D eigenvalue weighted by Crippen LogP contribution is 2.57. The van der Waals surface area contributed by atoms with Gasteiger partial charge in [0.05, 0.1) is 16.4 Å². The van der Waals surface area contributed by atoms with Gasteiger partial charge in [-0.05, 0) is 122 Å². The van der Waals surface area contributed by atoms with Crippen LogP contribution in [0.1, 0.15) is 22.3 Å². The summed E-state index contributed by atoms with van der Waals surface area (Å²) in [4.78, 5) is 0. The Hall–Kier alpha value is -8.20. The van der Waals surface area contributed by atoms with Crippen LogP contribution in [0.15, 0.2) is 249 Å². The first kappa shape index (κ1) is 36.6. The number of aromatic nitrogens is 1. The van der Waals surface area contributed by atoms with E-state index in [0.717, 1.165) is 33.8 Å². The molecule has 1 aliphatic carbocycles. The lowest BCUT2D eigenvalue weighted by Gasteiger charge is -2.33. The summed E-state index contributed by atoms with van der Waals surface area (Å²) >= 11 is 0. The summed E-state index contributed by atoms with van der Waals surface area (Å²) < 4.78 is 2.38. The first-order valence-corrected chi connectivity index (χ1v) is 21.8. The molecule has 0 saturated heterocycles. The van der Waals surface area contributed by atoms with Crippen molar-refractivity contribution in [2.75, 3.05) is 5.32 Å². The van der Waals surface area contributed by atoms with E-state index in [9.17, 15) is 0 Å². The predicted molar refractivity (Wildman–Crippen MR) is 264 cm³/mol. The summed E-state index contributed by atoms with van der Waals surface area (Å²) in [6.45, 7) is 0. The zero-order chi connectivity index (χ0) is 41.7. The molecule has 0 atom stereocenters. The second kappa shape index (κ2) is 15.1. The van der Waals surface area contributed by atoms with Crippen molar-refractivity contribution in [3.8, 4) is 50.2 Å². The summed E-state index contributed by atoms with van der Waals surface area (Å²) in [5, 5.41) is 6.34. The fourth-order valence-corrected chi connectivity index (χ4v) is 10.2. The van der Waals surface area contributed by atoms with Crippen molar-refractivity contribution < 1.29 is 0 Å². The van der Waals surface area contributed by atoms with Gasteiger partial charge in [0, 0.05) is 33.4 Å². The van der Waals surface area contributed by atoms with Gasteiger partial charge in [-0.1, -0.05) is 188 Å². The maximum absolute atomic E-state index is 3.86. The van der Waals surface area contributed by atoms with Crippen molar-refractivity contribution in [3.05, 3.63) is 271 Å². The van der Waals surface area contributed by atoms with Gasteiger partial charge >= 0.3 is 0 Å². The van der Waals surface area contributed by atoms with Crippen LogP contribution in [0.25, 0.3) is 72.0 Å². The van der Waals surface area contributed by atoms with E-state index in [1.165, 1.54) is 71.9 Å². The predicted octanol–water partition coefficient (Wildman–Crippen LogP) is 15.9. The quantitative estimate of drug-likeness (QED) is 0.162. The van der Waals surface area contributed by atoms with Gasteiger partial charge < -0.3 is 9.88 Å². The molecule has 0 unspecified atom stereocenters. The van der Waals surface area contributed by atoms with Crippen LogP contribution in [-0.2, 0) is 5.41 Å². The highest BCUT2D eigenvalue weighted by atomic mass is 15.0. The van der Waals surface area contributed by atoms with E-state index < -0.39 is 5.41 Å². The Balaban J connectivity index is 1.03. The third-order valence-electron chi connectivity index (χ3n) is 13.1. The minimum absolute atomic E-state index is 0.454. The summed E-state index contributed by atoms with van der Waals surface area (Å²) in [5.74, 6) is 0. The standard InChI is InChI=1S/C61H42N2/c1-5-17-42(18-6-1)43-29-34-49(35-30-43)62-58-37-32-44(45-33-38-60-55(40-45)52-26-14-16-28-59(52)63(60)50-23-11-4-12-24-50)39-53(58)46-31-36-57-54(41-46)51-25-13-15-27-56(51)61(57,47-19-7-2-8-20-47)48-21-9-3-10-22-48/h1-41,62H. The SMILES string of the molecule is c1ccc(-c2ccc(Nc3ccc(-c4ccc5c(c4)c4ccccc4n5-c4ccccc4)cc3-c3ccc4c(c3)-c3ccccc3C4(c3ccccc3)c3ccccc3)cc2)cc1. The average Bonchev–Trinajstić information content (AvgIpc) is 3.85. The molecular formula is C61H42N2. The second-order valence-corrected chi connectivity index (χ2v) is 16.5. The molecule has 1 aromatic heterocycles. The molecule has 0 saturated carbocycles. The fraction of sp³-hybridized carbons (Fsp3) is 0.0164. The molecule has 2 heteroatoms. The molecule has 0 spiro atoms. The van der Waals surface area contributed by atoms with Crippen molar-refractivity contribution in [2.45, 2.75) is 5.41 Å². The van der Waals surface area contributed by atoms with Gasteiger partial charge in [-0.2, -0.15) is 0 Å². The number of fused-ring (bicyclic) bond motifs is 6. The number of nitrogens with zero attached hydrogens (tertiary/aromatic N) is 1. The van der Waals surface area contributed by atoms with Crippen LogP contribution in [0.2, 0.25) is 0 Å². The van der Waals surface area contributed by atoms with Crippen molar-refractivity contribution in [1.82, 2.24) is 4.57 Å². The van der Waals surface area contributed by atoms with Gasteiger partial charge in [-0.3, -0.25) is 0 Å². The van der Waals surface area contributed by atoms with Crippen molar-refractivity contribution >= 4 is 33.2 Å². The maximum Gasteiger partial charge on any atom is 0.0713 e. The molecule has 296 valence electrons. The molecule has 0 bridgehead atoms. The van der Waals surface area contributed by atoms with Crippen LogP contribution >= 0.6 is 0 Å². The number of hydrogen-bond donors (Lipinski definition) is 1. The smallest absolute Gasteiger partial charge is 0.0713 e. The highest BCUT2D eigenvalue weighted by molar-refractivity contribution is 6.10. The molecule has 1 N–H and O–H groups in total. The third-order valence-corrected chi connectivity index (χ3v) is 13.1. The van der Waals surface area contributed by atoms with E-state index in [0.29, 0.717) is 0 Å². The number of para-hydroxylation sites is 2. The van der Waals surface area contributed by atoms with Crippen LogP contribution in [0.4, 0.5) is 11.4 Å². The van der Waals surface area contributed by atoms with Gasteiger partial charge in [0.15, 0.2) is 0 Å². The van der Waals surface area contributed by atoms with Gasteiger partial charge in [-0.25, -0.2) is 0 Å². The van der Waals surface area contributed by atoms with Crippen LogP contribution in [-0.4, -0.2) is 4.57 Å². The minimum Gasteiger partial charge on any atom is -0.355 e. The normalized spacial score (nSPS) is 12.6. The topological polar surface area (TPSA) is 17.0 Å². The Morgan fingerprint density at radius 2 is 0.841 bits per heavy atom. The molecule has 0 fully saturated rings. The molecule has 0 aliphatic heterocycles. The first-order valence-electron chi connectivity index (χ1n) is 21.8.